The molecule has 1 aromatic rings. The van der Waals surface area contributed by atoms with Crippen molar-refractivity contribution < 1.29 is 23.9 Å². The second-order valence-electron chi connectivity index (χ2n) is 5.82. The van der Waals surface area contributed by atoms with Crippen LogP contribution in [-0.2, 0) is 4.79 Å². The molecule has 0 bridgehead atoms. The van der Waals surface area contributed by atoms with E-state index in [-0.39, 0.29) is 11.7 Å². The van der Waals surface area contributed by atoms with Crippen molar-refractivity contribution in [3.63, 3.8) is 0 Å². The standard InChI is InChI=1S/C17H26N4O5S/c1-10(2)26-13-6-5-11(9-14(13)25-3)15(22)20-21-16(23)12(7-8-27-4)19-17(18)24/h5-6,9-10,12H,7-8H2,1-4H3,(H,20,22)(H,21,23)(H3,18,19,24)/t12-/m0/s1. The zero-order valence-corrected chi connectivity index (χ0v) is 16.6. The van der Waals surface area contributed by atoms with Gasteiger partial charge in [0.2, 0.25) is 0 Å². The summed E-state index contributed by atoms with van der Waals surface area (Å²) in [7, 11) is 1.47. The molecule has 0 saturated carbocycles. The summed E-state index contributed by atoms with van der Waals surface area (Å²) in [4.78, 5) is 35.5. The third-order valence-corrected chi connectivity index (χ3v) is 3.98. The number of carbonyl (C=O) groups is 3. The summed E-state index contributed by atoms with van der Waals surface area (Å²) >= 11 is 1.52. The van der Waals surface area contributed by atoms with E-state index in [4.69, 9.17) is 15.2 Å². The second kappa shape index (κ2) is 11.2. The monoisotopic (exact) mass is 398 g/mol. The molecular weight excluding hydrogens is 372 g/mol. The Bertz CT molecular complexity index is 669. The van der Waals surface area contributed by atoms with Crippen LogP contribution in [0.25, 0.3) is 0 Å². The van der Waals surface area contributed by atoms with E-state index < -0.39 is 23.9 Å². The van der Waals surface area contributed by atoms with Gasteiger partial charge >= 0.3 is 6.03 Å². The van der Waals surface area contributed by atoms with Gasteiger partial charge in [-0.05, 0) is 50.5 Å². The lowest BCUT2D eigenvalue weighted by atomic mass is 10.2. The van der Waals surface area contributed by atoms with E-state index in [1.54, 1.807) is 12.1 Å². The van der Waals surface area contributed by atoms with Gasteiger partial charge in [-0.15, -0.1) is 0 Å². The number of nitrogens with two attached hydrogens (primary N) is 1. The first-order valence-corrected chi connectivity index (χ1v) is 9.67. The molecule has 0 fully saturated rings. The molecule has 0 aliphatic carbocycles. The summed E-state index contributed by atoms with van der Waals surface area (Å²) in [5, 5.41) is 2.35. The molecular formula is C17H26N4O5S. The molecule has 0 saturated heterocycles. The van der Waals surface area contributed by atoms with Crippen LogP contribution in [0.15, 0.2) is 18.2 Å². The van der Waals surface area contributed by atoms with Gasteiger partial charge in [-0.2, -0.15) is 11.8 Å². The van der Waals surface area contributed by atoms with E-state index in [2.05, 4.69) is 16.2 Å². The number of hydrazine groups is 1. The van der Waals surface area contributed by atoms with Crippen LogP contribution in [0, 0.1) is 0 Å². The third-order valence-electron chi connectivity index (χ3n) is 3.33. The molecule has 150 valence electrons. The van der Waals surface area contributed by atoms with Gasteiger partial charge in [0.25, 0.3) is 11.8 Å². The van der Waals surface area contributed by atoms with Crippen LogP contribution in [0.3, 0.4) is 0 Å². The Kier molecular flexibility index (Phi) is 9.27. The maximum Gasteiger partial charge on any atom is 0.312 e. The summed E-state index contributed by atoms with van der Waals surface area (Å²) in [6.07, 6.45) is 2.20. The van der Waals surface area contributed by atoms with Gasteiger partial charge in [-0.3, -0.25) is 20.4 Å². The number of carbonyl (C=O) groups excluding carboxylic acids is 3. The van der Waals surface area contributed by atoms with Gasteiger partial charge in [-0.25, -0.2) is 4.79 Å². The molecule has 1 atom stereocenters. The zero-order chi connectivity index (χ0) is 20.4. The van der Waals surface area contributed by atoms with Crippen LogP contribution in [0.5, 0.6) is 11.5 Å². The molecule has 0 radical (unpaired) electrons. The number of hydrogen-bond donors (Lipinski definition) is 4. The van der Waals surface area contributed by atoms with Gasteiger partial charge in [-0.1, -0.05) is 0 Å². The Hall–Kier alpha value is -2.62. The zero-order valence-electron chi connectivity index (χ0n) is 15.8. The molecule has 10 heteroatoms. The summed E-state index contributed by atoms with van der Waals surface area (Å²) in [6.45, 7) is 3.76. The molecule has 0 unspecified atom stereocenters. The molecule has 5 N–H and O–H groups in total. The highest BCUT2D eigenvalue weighted by atomic mass is 32.2. The lowest BCUT2D eigenvalue weighted by molar-refractivity contribution is -0.123. The molecule has 9 nitrogen and oxygen atoms in total. The fraction of sp³-hybridized carbons (Fsp3) is 0.471. The van der Waals surface area contributed by atoms with Gasteiger partial charge in [0, 0.05) is 5.56 Å². The van der Waals surface area contributed by atoms with Crippen LogP contribution in [0.2, 0.25) is 0 Å². The van der Waals surface area contributed by atoms with Crippen LogP contribution in [0.1, 0.15) is 30.6 Å². The average molecular weight is 398 g/mol. The predicted octanol–water partition coefficient (Wildman–Crippen LogP) is 1.03. The predicted molar refractivity (Wildman–Crippen MR) is 104 cm³/mol. The maximum atomic E-state index is 12.3. The molecule has 0 aromatic heterocycles. The highest BCUT2D eigenvalue weighted by Gasteiger charge is 2.20. The second-order valence-corrected chi connectivity index (χ2v) is 6.80. The summed E-state index contributed by atoms with van der Waals surface area (Å²) in [5.41, 5.74) is 9.95. The van der Waals surface area contributed by atoms with Crippen molar-refractivity contribution in [1.82, 2.24) is 16.2 Å². The van der Waals surface area contributed by atoms with Gasteiger partial charge < -0.3 is 20.5 Å². The van der Waals surface area contributed by atoms with E-state index >= 15 is 0 Å². The molecule has 1 rings (SSSR count). The normalized spacial score (nSPS) is 11.4. The summed E-state index contributed by atoms with van der Waals surface area (Å²) in [5.74, 6) is 0.441. The molecule has 0 heterocycles. The Morgan fingerprint density at radius 1 is 1.19 bits per heavy atom. The minimum absolute atomic E-state index is 0.0474. The minimum Gasteiger partial charge on any atom is -0.493 e. The molecule has 4 amide bonds. The highest BCUT2D eigenvalue weighted by Crippen LogP contribution is 2.28. The Morgan fingerprint density at radius 2 is 1.89 bits per heavy atom. The van der Waals surface area contributed by atoms with Crippen molar-refractivity contribution in [1.29, 1.82) is 0 Å². The number of primary amides is 1. The van der Waals surface area contributed by atoms with Gasteiger partial charge in [0.15, 0.2) is 11.5 Å². The van der Waals surface area contributed by atoms with Crippen molar-refractivity contribution in [2.45, 2.75) is 32.4 Å². The summed E-state index contributed by atoms with van der Waals surface area (Å²) < 4.78 is 10.8. The van der Waals surface area contributed by atoms with Gasteiger partial charge in [0.1, 0.15) is 6.04 Å². The highest BCUT2D eigenvalue weighted by molar-refractivity contribution is 7.98. The molecule has 0 aliphatic heterocycles. The van der Waals surface area contributed by atoms with Crippen molar-refractivity contribution in [2.75, 3.05) is 19.1 Å². The molecule has 0 spiro atoms. The third kappa shape index (κ3) is 7.65. The number of benzene rings is 1. The molecule has 27 heavy (non-hydrogen) atoms. The number of rotatable bonds is 9. The van der Waals surface area contributed by atoms with Gasteiger partial charge in [0.05, 0.1) is 13.2 Å². The lowest BCUT2D eigenvalue weighted by Gasteiger charge is -2.17. The maximum absolute atomic E-state index is 12.3. The van der Waals surface area contributed by atoms with E-state index in [0.29, 0.717) is 23.7 Å². The smallest absolute Gasteiger partial charge is 0.312 e. The van der Waals surface area contributed by atoms with Crippen LogP contribution < -0.4 is 31.4 Å². The molecule has 0 aliphatic rings. The average Bonchev–Trinajstić information content (AvgIpc) is 2.62. The molecule has 1 aromatic carbocycles. The number of thioether (sulfide) groups is 1. The number of ether oxygens (including phenoxy) is 2. The topological polar surface area (TPSA) is 132 Å². The summed E-state index contributed by atoms with van der Waals surface area (Å²) in [6, 6.07) is 3.02. The SMILES string of the molecule is COc1cc(C(=O)NNC(=O)[C@H](CCSC)NC(N)=O)ccc1OC(C)C. The van der Waals surface area contributed by atoms with Crippen molar-refractivity contribution in [3.05, 3.63) is 23.8 Å². The Balaban J connectivity index is 2.74. The quantitative estimate of drug-likeness (QED) is 0.460. The number of methoxy groups -OCH3 is 1. The number of amides is 4. The first-order valence-electron chi connectivity index (χ1n) is 8.28. The van der Waals surface area contributed by atoms with E-state index in [0.717, 1.165) is 0 Å². The van der Waals surface area contributed by atoms with Crippen molar-refractivity contribution >= 4 is 29.6 Å². The van der Waals surface area contributed by atoms with Crippen molar-refractivity contribution in [3.8, 4) is 11.5 Å². The first kappa shape index (κ1) is 22.4. The number of nitrogens with one attached hydrogen (secondary N) is 3. The van der Waals surface area contributed by atoms with E-state index in [1.165, 1.54) is 24.9 Å². The van der Waals surface area contributed by atoms with Crippen LogP contribution >= 0.6 is 11.8 Å². The van der Waals surface area contributed by atoms with E-state index in [9.17, 15) is 14.4 Å². The van der Waals surface area contributed by atoms with E-state index in [1.807, 2.05) is 20.1 Å². The fourth-order valence-corrected chi connectivity index (χ4v) is 2.59. The number of hydrogen-bond acceptors (Lipinski definition) is 6. The lowest BCUT2D eigenvalue weighted by Crippen LogP contribution is -2.53. The first-order chi connectivity index (χ1) is 12.8. The van der Waals surface area contributed by atoms with Crippen LogP contribution in [0.4, 0.5) is 4.79 Å². The van der Waals surface area contributed by atoms with Crippen LogP contribution in [-0.4, -0.2) is 49.1 Å². The Labute approximate surface area is 162 Å². The van der Waals surface area contributed by atoms with Crippen molar-refractivity contribution in [2.24, 2.45) is 5.73 Å². The Morgan fingerprint density at radius 3 is 2.44 bits per heavy atom. The fourth-order valence-electron chi connectivity index (χ4n) is 2.11. The largest absolute Gasteiger partial charge is 0.493 e. The number of urea groups is 1. The minimum atomic E-state index is -0.841.